The van der Waals surface area contributed by atoms with E-state index in [0.717, 1.165) is 24.2 Å². The molecule has 0 N–H and O–H groups in total. The Balaban J connectivity index is 1.79. The molecule has 0 saturated heterocycles. The van der Waals surface area contributed by atoms with E-state index in [4.69, 9.17) is 0 Å². The SMILES string of the molecule is O=C1CCCC2C1CCC1CCCCC12. The predicted molar refractivity (Wildman–Crippen MR) is 60.5 cm³/mol. The van der Waals surface area contributed by atoms with Crippen molar-refractivity contribution in [3.63, 3.8) is 0 Å². The van der Waals surface area contributed by atoms with Gasteiger partial charge in [-0.1, -0.05) is 19.3 Å². The van der Waals surface area contributed by atoms with Crippen LogP contribution in [-0.2, 0) is 4.79 Å². The maximum absolute atomic E-state index is 11.9. The standard InChI is InChI=1S/C14H22O/c15-14-7-3-6-12-11-5-2-1-4-10(11)8-9-13(12)14/h10-13H,1-9H2. The maximum atomic E-state index is 11.9. The summed E-state index contributed by atoms with van der Waals surface area (Å²) in [7, 11) is 0. The first-order valence-corrected chi connectivity index (χ1v) is 6.89. The molecule has 0 amide bonds. The quantitative estimate of drug-likeness (QED) is 0.592. The van der Waals surface area contributed by atoms with Crippen molar-refractivity contribution in [2.75, 3.05) is 0 Å². The molecule has 3 rings (SSSR count). The predicted octanol–water partition coefficient (Wildman–Crippen LogP) is 3.57. The normalized spacial score (nSPS) is 45.7. The highest BCUT2D eigenvalue weighted by atomic mass is 16.1. The van der Waals surface area contributed by atoms with Crippen molar-refractivity contribution < 1.29 is 4.79 Å². The molecule has 0 bridgehead atoms. The number of carbonyl (C=O) groups is 1. The van der Waals surface area contributed by atoms with Gasteiger partial charge in [-0.3, -0.25) is 4.79 Å². The van der Waals surface area contributed by atoms with Crippen LogP contribution in [0.5, 0.6) is 0 Å². The van der Waals surface area contributed by atoms with Crippen LogP contribution in [0.25, 0.3) is 0 Å². The van der Waals surface area contributed by atoms with Crippen molar-refractivity contribution in [2.24, 2.45) is 23.7 Å². The van der Waals surface area contributed by atoms with Crippen LogP contribution in [0.1, 0.15) is 57.8 Å². The number of hydrogen-bond donors (Lipinski definition) is 0. The summed E-state index contributed by atoms with van der Waals surface area (Å²) in [6.45, 7) is 0. The van der Waals surface area contributed by atoms with Gasteiger partial charge in [-0.2, -0.15) is 0 Å². The van der Waals surface area contributed by atoms with Crippen molar-refractivity contribution in [1.82, 2.24) is 0 Å². The van der Waals surface area contributed by atoms with Gasteiger partial charge in [0.2, 0.25) is 0 Å². The van der Waals surface area contributed by atoms with E-state index in [1.807, 2.05) is 0 Å². The summed E-state index contributed by atoms with van der Waals surface area (Å²) in [5.41, 5.74) is 0. The van der Waals surface area contributed by atoms with Crippen LogP contribution in [0.4, 0.5) is 0 Å². The highest BCUT2D eigenvalue weighted by Crippen LogP contribution is 2.50. The first kappa shape index (κ1) is 9.86. The highest BCUT2D eigenvalue weighted by molar-refractivity contribution is 5.82. The van der Waals surface area contributed by atoms with Crippen LogP contribution in [0.3, 0.4) is 0 Å². The molecule has 15 heavy (non-hydrogen) atoms. The second-order valence-electron chi connectivity index (χ2n) is 5.91. The first-order chi connectivity index (χ1) is 7.36. The monoisotopic (exact) mass is 206 g/mol. The Morgan fingerprint density at radius 3 is 2.53 bits per heavy atom. The lowest BCUT2D eigenvalue weighted by Gasteiger charge is -2.47. The first-order valence-electron chi connectivity index (χ1n) is 6.89. The van der Waals surface area contributed by atoms with Gasteiger partial charge in [-0.05, 0) is 49.9 Å². The van der Waals surface area contributed by atoms with Crippen LogP contribution in [0, 0.1) is 23.7 Å². The van der Waals surface area contributed by atoms with E-state index >= 15 is 0 Å². The molecule has 0 aliphatic heterocycles. The summed E-state index contributed by atoms with van der Waals surface area (Å²) >= 11 is 0. The number of ketones is 1. The second kappa shape index (κ2) is 3.92. The van der Waals surface area contributed by atoms with Crippen LogP contribution in [0.2, 0.25) is 0 Å². The number of hydrogen-bond acceptors (Lipinski definition) is 1. The average Bonchev–Trinajstić information content (AvgIpc) is 2.29. The summed E-state index contributed by atoms with van der Waals surface area (Å²) in [5, 5.41) is 0. The van der Waals surface area contributed by atoms with E-state index in [-0.39, 0.29) is 0 Å². The molecule has 1 heteroatoms. The topological polar surface area (TPSA) is 17.1 Å². The Kier molecular flexibility index (Phi) is 2.58. The van der Waals surface area contributed by atoms with Gasteiger partial charge in [0.05, 0.1) is 0 Å². The van der Waals surface area contributed by atoms with E-state index in [1.54, 1.807) is 0 Å². The molecule has 3 aliphatic carbocycles. The van der Waals surface area contributed by atoms with Gasteiger partial charge in [0.25, 0.3) is 0 Å². The molecule has 1 nitrogen and oxygen atoms in total. The van der Waals surface area contributed by atoms with Crippen LogP contribution in [-0.4, -0.2) is 5.78 Å². The van der Waals surface area contributed by atoms with E-state index in [2.05, 4.69) is 0 Å². The molecule has 4 unspecified atom stereocenters. The number of carbonyl (C=O) groups excluding carboxylic acids is 1. The Morgan fingerprint density at radius 1 is 0.800 bits per heavy atom. The molecular weight excluding hydrogens is 184 g/mol. The maximum Gasteiger partial charge on any atom is 0.136 e. The molecule has 0 spiro atoms. The molecule has 0 radical (unpaired) electrons. The minimum absolute atomic E-state index is 0.484. The number of Topliss-reactive ketones (excluding diaryl/α,β-unsaturated/α-hetero) is 1. The van der Waals surface area contributed by atoms with E-state index in [1.165, 1.54) is 51.4 Å². The van der Waals surface area contributed by atoms with Crippen molar-refractivity contribution in [3.05, 3.63) is 0 Å². The summed E-state index contributed by atoms with van der Waals surface area (Å²) in [5.74, 6) is 3.81. The molecule has 84 valence electrons. The van der Waals surface area contributed by atoms with Crippen LogP contribution < -0.4 is 0 Å². The van der Waals surface area contributed by atoms with Gasteiger partial charge in [-0.15, -0.1) is 0 Å². The Labute approximate surface area is 92.6 Å². The lowest BCUT2D eigenvalue weighted by Crippen LogP contribution is -2.42. The minimum atomic E-state index is 0.484. The van der Waals surface area contributed by atoms with Crippen molar-refractivity contribution in [1.29, 1.82) is 0 Å². The fourth-order valence-corrected chi connectivity index (χ4v) is 4.58. The molecule has 3 fully saturated rings. The fourth-order valence-electron chi connectivity index (χ4n) is 4.58. The van der Waals surface area contributed by atoms with Gasteiger partial charge >= 0.3 is 0 Å². The third-order valence-corrected chi connectivity index (χ3v) is 5.26. The molecule has 0 heterocycles. The Morgan fingerprint density at radius 2 is 1.60 bits per heavy atom. The zero-order valence-electron chi connectivity index (χ0n) is 9.58. The molecule has 0 aromatic heterocycles. The lowest BCUT2D eigenvalue weighted by molar-refractivity contribution is -0.131. The Hall–Kier alpha value is -0.330. The van der Waals surface area contributed by atoms with E-state index < -0.39 is 0 Å². The number of rotatable bonds is 0. The van der Waals surface area contributed by atoms with Gasteiger partial charge in [0, 0.05) is 12.3 Å². The molecule has 0 aromatic carbocycles. The van der Waals surface area contributed by atoms with E-state index in [0.29, 0.717) is 11.7 Å². The molecular formula is C14H22O. The zero-order chi connectivity index (χ0) is 10.3. The summed E-state index contributed by atoms with van der Waals surface area (Å²) in [4.78, 5) is 11.9. The summed E-state index contributed by atoms with van der Waals surface area (Å²) in [6, 6.07) is 0. The second-order valence-corrected chi connectivity index (χ2v) is 5.91. The third-order valence-electron chi connectivity index (χ3n) is 5.26. The van der Waals surface area contributed by atoms with Crippen molar-refractivity contribution in [3.8, 4) is 0 Å². The molecule has 3 aliphatic rings. The zero-order valence-corrected chi connectivity index (χ0v) is 9.58. The molecule has 3 saturated carbocycles. The van der Waals surface area contributed by atoms with Gasteiger partial charge < -0.3 is 0 Å². The fraction of sp³-hybridized carbons (Fsp3) is 0.929. The van der Waals surface area contributed by atoms with Gasteiger partial charge in [0.15, 0.2) is 0 Å². The number of fused-ring (bicyclic) bond motifs is 3. The summed E-state index contributed by atoms with van der Waals surface area (Å²) < 4.78 is 0. The van der Waals surface area contributed by atoms with E-state index in [9.17, 15) is 4.79 Å². The van der Waals surface area contributed by atoms with Crippen LogP contribution >= 0.6 is 0 Å². The highest BCUT2D eigenvalue weighted by Gasteiger charge is 2.43. The molecule has 4 atom stereocenters. The lowest BCUT2D eigenvalue weighted by atomic mass is 9.57. The summed E-state index contributed by atoms with van der Waals surface area (Å²) in [6.07, 6.45) is 11.8. The largest absolute Gasteiger partial charge is 0.299 e. The van der Waals surface area contributed by atoms with Gasteiger partial charge in [0.1, 0.15) is 5.78 Å². The molecule has 0 aromatic rings. The van der Waals surface area contributed by atoms with Crippen LogP contribution in [0.15, 0.2) is 0 Å². The Bertz CT molecular complexity index is 258. The third kappa shape index (κ3) is 1.64. The smallest absolute Gasteiger partial charge is 0.136 e. The van der Waals surface area contributed by atoms with Crippen molar-refractivity contribution in [2.45, 2.75) is 57.8 Å². The minimum Gasteiger partial charge on any atom is -0.299 e. The van der Waals surface area contributed by atoms with Gasteiger partial charge in [-0.25, -0.2) is 0 Å². The average molecular weight is 206 g/mol. The van der Waals surface area contributed by atoms with Crippen molar-refractivity contribution >= 4 is 5.78 Å².